The maximum atomic E-state index is 12.0. The first-order chi connectivity index (χ1) is 21.3. The molecule has 46 heavy (non-hydrogen) atoms. The number of carbonyl (C=O) groups excluding carboxylic acids is 5. The second-order valence-corrected chi connectivity index (χ2v) is 7.89. The van der Waals surface area contributed by atoms with Gasteiger partial charge in [-0.3, -0.25) is 14.9 Å². The first-order valence-electron chi connectivity index (χ1n) is 13.5. The maximum Gasteiger partial charge on any atom is 0.269 e. The molecule has 0 aliphatic rings. The van der Waals surface area contributed by atoms with Crippen molar-refractivity contribution in [2.45, 2.75) is 53.4 Å². The summed E-state index contributed by atoms with van der Waals surface area (Å²) in [5, 5.41) is 48.2. The Morgan fingerprint density at radius 1 is 0.543 bits per heavy atom. The normalized spacial score (nSPS) is 8.61. The third-order valence-corrected chi connectivity index (χ3v) is 4.07. The molecule has 0 N–H and O–H groups in total. The van der Waals surface area contributed by atoms with E-state index >= 15 is 0 Å². The van der Waals surface area contributed by atoms with Crippen LogP contribution >= 0.6 is 0 Å². The van der Waals surface area contributed by atoms with Gasteiger partial charge >= 0.3 is 0 Å². The Balaban J connectivity index is -0.000000260. The van der Waals surface area contributed by atoms with Crippen molar-refractivity contribution in [1.82, 2.24) is 0 Å². The summed E-state index contributed by atoms with van der Waals surface area (Å²) in [4.78, 5) is 59.6. The number of ether oxygens (including phenoxy) is 4. The molecule has 0 radical (unpaired) electrons. The van der Waals surface area contributed by atoms with Gasteiger partial charge in [-0.05, 0) is 37.8 Å². The average Bonchev–Trinajstić information content (AvgIpc) is 3.02. The summed E-state index contributed by atoms with van der Waals surface area (Å²) >= 11 is 0. The third kappa shape index (κ3) is 34.1. The van der Waals surface area contributed by atoms with Crippen LogP contribution in [0.15, 0.2) is 54.6 Å². The summed E-state index contributed by atoms with van der Waals surface area (Å²) in [6.45, 7) is 8.24. The van der Waals surface area contributed by atoms with E-state index in [-0.39, 0.29) is 67.1 Å². The van der Waals surface area contributed by atoms with Crippen LogP contribution < -0.4 is 20.4 Å². The van der Waals surface area contributed by atoms with Crippen LogP contribution in [0.25, 0.3) is 0 Å². The van der Waals surface area contributed by atoms with Gasteiger partial charge in [0.2, 0.25) is 0 Å². The third-order valence-electron chi connectivity index (χ3n) is 4.07. The van der Waals surface area contributed by atoms with E-state index in [1.807, 2.05) is 33.8 Å². The Hall–Kier alpha value is -4.42. The number of carboxylic acid groups (broad SMARTS) is 4. The average molecular weight is 884 g/mol. The summed E-state index contributed by atoms with van der Waals surface area (Å²) in [5.41, 5.74) is 0.998. The van der Waals surface area contributed by atoms with Crippen molar-refractivity contribution in [2.75, 3.05) is 26.4 Å². The largest absolute Gasteiger partial charge is 0.550 e. The molecule has 17 heteroatoms. The Bertz CT molecular complexity index is 1040. The van der Waals surface area contributed by atoms with Crippen molar-refractivity contribution in [3.05, 3.63) is 75.8 Å². The predicted molar refractivity (Wildman–Crippen MR) is 150 cm³/mol. The van der Waals surface area contributed by atoms with Crippen LogP contribution in [0.3, 0.4) is 0 Å². The van der Waals surface area contributed by atoms with Gasteiger partial charge in [-0.15, -0.1) is 0 Å². The van der Waals surface area contributed by atoms with Crippen LogP contribution in [0.4, 0.5) is 24.9 Å². The molecule has 0 atom stereocenters. The van der Waals surface area contributed by atoms with Gasteiger partial charge in [-0.2, -0.15) is 0 Å². The topological polar surface area (TPSA) is 258 Å². The number of ketones is 1. The van der Waals surface area contributed by atoms with Gasteiger partial charge in [0.25, 0.3) is 30.3 Å². The quantitative estimate of drug-likeness (QED) is 0.103. The Kier molecular flexibility index (Phi) is 35.3. The van der Waals surface area contributed by atoms with E-state index in [4.69, 9.17) is 0 Å². The van der Waals surface area contributed by atoms with Gasteiger partial charge in [0, 0.05) is 78.9 Å². The number of hydrogen-bond acceptors (Lipinski definition) is 15. The molecule has 16 nitrogen and oxygen atoms in total. The second-order valence-electron chi connectivity index (χ2n) is 7.89. The molecule has 0 aromatic heterocycles. The van der Waals surface area contributed by atoms with E-state index in [0.717, 1.165) is 0 Å². The summed E-state index contributed by atoms with van der Waals surface area (Å²) in [6, 6.07) is 14.4. The molecule has 2 aromatic rings. The van der Waals surface area contributed by atoms with Crippen LogP contribution in [-0.4, -0.2) is 61.8 Å². The molecule has 0 fully saturated rings. The zero-order chi connectivity index (χ0) is 35.0. The fourth-order valence-corrected chi connectivity index (χ4v) is 2.23. The molecule has 0 saturated carbocycles. The van der Waals surface area contributed by atoms with Crippen molar-refractivity contribution in [2.24, 2.45) is 0 Å². The van der Waals surface area contributed by atoms with Gasteiger partial charge < -0.3 is 58.6 Å². The fraction of sp³-hybridized carbons (Fsp3) is 0.414. The molecule has 0 spiro atoms. The van der Waals surface area contributed by atoms with E-state index in [0.29, 0.717) is 36.8 Å². The van der Waals surface area contributed by atoms with Gasteiger partial charge in [0.15, 0.2) is 5.78 Å². The number of nitro groups is 1. The maximum absolute atomic E-state index is 12.0. The second kappa shape index (κ2) is 33.5. The van der Waals surface area contributed by atoms with Crippen LogP contribution in [0.1, 0.15) is 69.3 Å². The summed E-state index contributed by atoms with van der Waals surface area (Å²) in [5.74, 6) is -0.138. The van der Waals surface area contributed by atoms with Gasteiger partial charge in [0.1, 0.15) is 0 Å². The molecule has 0 aliphatic carbocycles. The number of carbonyl (C=O) groups is 5. The SMILES string of the molecule is CCCOC(=O)[O-].CCCOC(=O)[O-].CCCOC(=O)[O-].CCCOC(=O)[O-].O=C(c1ccccc1)c1ccc([N+](=O)[O-])cc1.[Pu]. The molecular formula is C29H37NO15Pu-4. The standard InChI is InChI=1S/C13H9NO3.4C4H8O3.Pu/c15-13(10-4-2-1-3-5-10)11-6-8-12(9-7-11)14(16)17;4*1-2-3-7-4(5)6;/h1-9H;4*2-3H2,1H3,(H,5,6);/p-4. The van der Waals surface area contributed by atoms with Gasteiger partial charge in [0.05, 0.1) is 4.92 Å². The van der Waals surface area contributed by atoms with Crippen LogP contribution in [0.5, 0.6) is 0 Å². The van der Waals surface area contributed by atoms with Crippen molar-refractivity contribution < 1.29 is 97.4 Å². The summed E-state index contributed by atoms with van der Waals surface area (Å²) in [6.07, 6.45) is -2.96. The molecule has 0 heterocycles. The van der Waals surface area contributed by atoms with Gasteiger partial charge in [-0.1, -0.05) is 58.0 Å². The van der Waals surface area contributed by atoms with Crippen molar-refractivity contribution in [3.8, 4) is 0 Å². The van der Waals surface area contributed by atoms with E-state index < -0.39 is 29.5 Å². The number of benzene rings is 2. The number of nitrogens with zero attached hydrogens (tertiary/aromatic N) is 1. The Labute approximate surface area is 288 Å². The molecule has 2 rings (SSSR count). The minimum absolute atomic E-state index is 0. The molecule has 0 amide bonds. The van der Waals surface area contributed by atoms with Crippen LogP contribution in [0.2, 0.25) is 0 Å². The number of non-ortho nitro benzene ring substituents is 1. The molecule has 0 bridgehead atoms. The monoisotopic (exact) mass is 877 g/mol. The number of hydrogen-bond donors (Lipinski definition) is 0. The van der Waals surface area contributed by atoms with Crippen molar-refractivity contribution >= 4 is 36.1 Å². The first-order valence-corrected chi connectivity index (χ1v) is 13.5. The molecule has 258 valence electrons. The molecule has 0 unspecified atom stereocenters. The van der Waals surface area contributed by atoms with E-state index in [2.05, 4.69) is 18.9 Å². The predicted octanol–water partition coefficient (Wildman–Crippen LogP) is 1.85. The van der Waals surface area contributed by atoms with Crippen LogP contribution in [-0.2, 0) is 18.9 Å². The number of rotatable bonds is 11. The Morgan fingerprint density at radius 2 is 0.826 bits per heavy atom. The molecule has 0 saturated heterocycles. The molecule has 2 aromatic carbocycles. The minimum Gasteiger partial charge on any atom is -0.550 e. The minimum atomic E-state index is -1.44. The van der Waals surface area contributed by atoms with E-state index in [9.17, 15) is 54.5 Å². The smallest absolute Gasteiger partial charge is 0.269 e. The number of nitro benzene ring substituents is 1. The summed E-state index contributed by atoms with van der Waals surface area (Å²) in [7, 11) is 0. The van der Waals surface area contributed by atoms with Crippen molar-refractivity contribution in [1.29, 1.82) is 0 Å². The molecule has 0 aliphatic heterocycles. The first kappa shape index (κ1) is 48.5. The van der Waals surface area contributed by atoms with E-state index in [1.54, 1.807) is 24.3 Å². The van der Waals surface area contributed by atoms with Gasteiger partial charge in [-0.25, -0.2) is 0 Å². The zero-order valence-electron chi connectivity index (χ0n) is 25.8. The zero-order valence-corrected chi connectivity index (χ0v) is 29.2. The summed E-state index contributed by atoms with van der Waals surface area (Å²) < 4.78 is 16.0. The Morgan fingerprint density at radius 3 is 1.04 bits per heavy atom. The van der Waals surface area contributed by atoms with E-state index in [1.165, 1.54) is 24.3 Å². The van der Waals surface area contributed by atoms with Crippen LogP contribution in [0, 0.1) is 39.3 Å². The molecular weight excluding hydrogens is 846 g/mol. The fourth-order valence-electron chi connectivity index (χ4n) is 2.23. The van der Waals surface area contributed by atoms with Crippen molar-refractivity contribution in [3.63, 3.8) is 0 Å².